The topological polar surface area (TPSA) is 153 Å². The van der Waals surface area contributed by atoms with Crippen LogP contribution in [0.3, 0.4) is 0 Å². The lowest BCUT2D eigenvalue weighted by Gasteiger charge is -2.03. The number of hydrogen-bond acceptors (Lipinski definition) is 8. The fourth-order valence-corrected chi connectivity index (χ4v) is 5.90. The fourth-order valence-electron chi connectivity index (χ4n) is 1.14. The van der Waals surface area contributed by atoms with Crippen molar-refractivity contribution in [3.63, 3.8) is 0 Å². The van der Waals surface area contributed by atoms with Gasteiger partial charge in [-0.25, -0.2) is 35.4 Å². The third-order valence-electron chi connectivity index (χ3n) is 1.98. The molecule has 0 radical (unpaired) electrons. The Morgan fingerprint density at radius 3 is 2.10 bits per heavy atom. The average molecular weight is 363 g/mol. The highest BCUT2D eigenvalue weighted by atomic mass is 32.2. The van der Waals surface area contributed by atoms with Gasteiger partial charge in [0.15, 0.2) is 9.34 Å². The van der Waals surface area contributed by atoms with E-state index < -0.39 is 41.4 Å². The van der Waals surface area contributed by atoms with Crippen LogP contribution < -0.4 is 9.86 Å². The number of nitrogens with zero attached hydrogens (tertiary/aromatic N) is 1. The van der Waals surface area contributed by atoms with Crippen LogP contribution in [0.1, 0.15) is 5.69 Å². The van der Waals surface area contributed by atoms with Crippen LogP contribution in [0.4, 0.5) is 5.13 Å². The Morgan fingerprint density at radius 1 is 1.15 bits per heavy atom. The summed E-state index contributed by atoms with van der Waals surface area (Å²) >= 11 is 0.563. The lowest BCUT2D eigenvalue weighted by molar-refractivity contribution is 0.593. The summed E-state index contributed by atoms with van der Waals surface area (Å²) in [6, 6.07) is 0. The van der Waals surface area contributed by atoms with Gasteiger partial charge in [0.05, 0.1) is 17.2 Å². The third-order valence-corrected chi connectivity index (χ3v) is 7.18. The number of thiazole rings is 1. The number of aromatic nitrogens is 1. The first-order chi connectivity index (χ1) is 8.80. The van der Waals surface area contributed by atoms with Crippen LogP contribution in [0, 0.1) is 6.92 Å². The number of aryl methyl sites for hydroxylation is 1. The lowest BCUT2D eigenvalue weighted by Crippen LogP contribution is -2.22. The van der Waals surface area contributed by atoms with Crippen molar-refractivity contribution < 1.29 is 25.3 Å². The van der Waals surface area contributed by atoms with E-state index in [0.29, 0.717) is 11.3 Å². The van der Waals surface area contributed by atoms with Gasteiger partial charge >= 0.3 is 0 Å². The normalized spacial score (nSPS) is 13.3. The van der Waals surface area contributed by atoms with Crippen LogP contribution in [0.5, 0.6) is 0 Å². The number of sulfonamides is 2. The summed E-state index contributed by atoms with van der Waals surface area (Å²) in [5.74, 6) is -1.19. The summed E-state index contributed by atoms with van der Waals surface area (Å²) in [6.45, 7) is 1.37. The number of nitrogens with one attached hydrogen (secondary N) is 1. The van der Waals surface area contributed by atoms with Crippen LogP contribution >= 0.6 is 11.3 Å². The Labute approximate surface area is 121 Å². The largest absolute Gasteiger partial charge is 0.259 e. The average Bonchev–Trinajstić information content (AvgIpc) is 2.54. The van der Waals surface area contributed by atoms with Gasteiger partial charge in [-0.3, -0.25) is 4.72 Å². The maximum Gasteiger partial charge on any atom is 0.249 e. The van der Waals surface area contributed by atoms with Gasteiger partial charge < -0.3 is 0 Å². The fraction of sp³-hybridized carbons (Fsp3) is 0.571. The first-order valence-corrected chi connectivity index (χ1v) is 11.1. The standard InChI is InChI=1S/C7H13N3O6S4/c1-5-6(20(8,15)16)17-7(9-5)10-19(13,14)4-3-18(2,11)12/h3-4H2,1-2H3,(H,9,10)(H2,8,15,16). The second kappa shape index (κ2) is 5.55. The van der Waals surface area contributed by atoms with Crippen molar-refractivity contribution in [3.05, 3.63) is 5.69 Å². The zero-order valence-corrected chi connectivity index (χ0v) is 13.8. The van der Waals surface area contributed by atoms with Gasteiger partial charge in [0.25, 0.3) is 0 Å². The van der Waals surface area contributed by atoms with Gasteiger partial charge in [-0.1, -0.05) is 11.3 Å². The molecule has 1 heterocycles. The minimum absolute atomic E-state index is 0.0679. The van der Waals surface area contributed by atoms with Crippen molar-refractivity contribution in [2.45, 2.75) is 11.1 Å². The Bertz CT molecular complexity index is 805. The molecule has 0 atom stereocenters. The van der Waals surface area contributed by atoms with Gasteiger partial charge in [0.2, 0.25) is 20.0 Å². The molecule has 9 nitrogen and oxygen atoms in total. The molecule has 0 amide bonds. The lowest BCUT2D eigenvalue weighted by atomic mass is 10.6. The van der Waals surface area contributed by atoms with Crippen molar-refractivity contribution in [1.82, 2.24) is 4.98 Å². The molecule has 0 spiro atoms. The molecule has 0 aromatic carbocycles. The van der Waals surface area contributed by atoms with E-state index in [2.05, 4.69) is 4.98 Å². The van der Waals surface area contributed by atoms with E-state index in [0.717, 1.165) is 6.26 Å². The molecule has 0 fully saturated rings. The maximum absolute atomic E-state index is 11.6. The van der Waals surface area contributed by atoms with Gasteiger partial charge in [-0.2, -0.15) is 0 Å². The molecule has 0 unspecified atom stereocenters. The predicted molar refractivity (Wildman–Crippen MR) is 75.3 cm³/mol. The van der Waals surface area contributed by atoms with E-state index >= 15 is 0 Å². The molecule has 1 rings (SSSR count). The summed E-state index contributed by atoms with van der Waals surface area (Å²) in [4.78, 5) is 3.73. The predicted octanol–water partition coefficient (Wildman–Crippen LogP) is -1.11. The Kier molecular flexibility index (Phi) is 4.80. The van der Waals surface area contributed by atoms with E-state index in [1.807, 2.05) is 4.72 Å². The molecule has 0 aliphatic rings. The number of hydrogen-bond donors (Lipinski definition) is 2. The smallest absolute Gasteiger partial charge is 0.249 e. The molecule has 0 bridgehead atoms. The second-order valence-corrected chi connectivity index (χ2v) is 10.8. The highest BCUT2D eigenvalue weighted by Crippen LogP contribution is 2.26. The first kappa shape index (κ1) is 17.3. The van der Waals surface area contributed by atoms with Gasteiger partial charge in [-0.15, -0.1) is 0 Å². The van der Waals surface area contributed by atoms with E-state index in [1.165, 1.54) is 6.92 Å². The second-order valence-electron chi connectivity index (χ2n) is 3.99. The quantitative estimate of drug-likeness (QED) is 0.649. The van der Waals surface area contributed by atoms with Crippen LogP contribution in [-0.2, 0) is 29.9 Å². The molecule has 0 saturated carbocycles. The summed E-state index contributed by atoms with van der Waals surface area (Å²) in [5.41, 5.74) is 0.0679. The van der Waals surface area contributed by atoms with Crippen molar-refractivity contribution in [3.8, 4) is 0 Å². The van der Waals surface area contributed by atoms with E-state index in [4.69, 9.17) is 5.14 Å². The van der Waals surface area contributed by atoms with Crippen molar-refractivity contribution in [2.75, 3.05) is 22.5 Å². The third kappa shape index (κ3) is 5.32. The number of sulfone groups is 1. The highest BCUT2D eigenvalue weighted by Gasteiger charge is 2.21. The van der Waals surface area contributed by atoms with Crippen molar-refractivity contribution in [2.24, 2.45) is 5.14 Å². The zero-order chi connectivity index (χ0) is 15.8. The van der Waals surface area contributed by atoms with Crippen LogP contribution in [0.2, 0.25) is 0 Å². The number of nitrogens with two attached hydrogens (primary N) is 1. The molecule has 1 aromatic rings. The molecule has 20 heavy (non-hydrogen) atoms. The summed E-state index contributed by atoms with van der Waals surface area (Å²) < 4.78 is 69.2. The van der Waals surface area contributed by atoms with E-state index in [9.17, 15) is 25.3 Å². The molecule has 1 aromatic heterocycles. The molecule has 0 aliphatic carbocycles. The molecular weight excluding hydrogens is 350 g/mol. The molecular formula is C7H13N3O6S4. The molecule has 0 saturated heterocycles. The summed E-state index contributed by atoms with van der Waals surface area (Å²) in [7, 11) is -11.3. The van der Waals surface area contributed by atoms with Crippen LogP contribution in [0.15, 0.2) is 4.21 Å². The van der Waals surface area contributed by atoms with Gasteiger partial charge in [-0.05, 0) is 6.92 Å². The molecule has 116 valence electrons. The monoisotopic (exact) mass is 363 g/mol. The van der Waals surface area contributed by atoms with Crippen molar-refractivity contribution in [1.29, 1.82) is 0 Å². The number of anilines is 1. The van der Waals surface area contributed by atoms with Crippen LogP contribution in [-0.4, -0.2) is 48.0 Å². The number of primary sulfonamides is 1. The number of rotatable bonds is 6. The van der Waals surface area contributed by atoms with Crippen LogP contribution in [0.25, 0.3) is 0 Å². The minimum atomic E-state index is -3.98. The molecule has 0 aliphatic heterocycles. The van der Waals surface area contributed by atoms with Gasteiger partial charge in [0, 0.05) is 6.26 Å². The van der Waals surface area contributed by atoms with E-state index in [-0.39, 0.29) is 15.0 Å². The summed E-state index contributed by atoms with van der Waals surface area (Å²) in [5, 5.41) is 4.76. The minimum Gasteiger partial charge on any atom is -0.259 e. The SMILES string of the molecule is Cc1nc(NS(=O)(=O)CCS(C)(=O)=O)sc1S(N)(=O)=O. The molecule has 3 N–H and O–H groups in total. The van der Waals surface area contributed by atoms with Gasteiger partial charge in [0.1, 0.15) is 9.84 Å². The Morgan fingerprint density at radius 2 is 1.70 bits per heavy atom. The maximum atomic E-state index is 11.6. The summed E-state index contributed by atoms with van der Waals surface area (Å²) in [6.07, 6.45) is 0.912. The zero-order valence-electron chi connectivity index (χ0n) is 10.5. The molecule has 13 heteroatoms. The first-order valence-electron chi connectivity index (χ1n) is 4.99. The Hall–Kier alpha value is -0.760. The van der Waals surface area contributed by atoms with E-state index in [1.54, 1.807) is 0 Å². The highest BCUT2D eigenvalue weighted by molar-refractivity contribution is 7.95. The Balaban J connectivity index is 2.95. The van der Waals surface area contributed by atoms with Crippen molar-refractivity contribution >= 4 is 46.4 Å².